The second kappa shape index (κ2) is 18.2. The summed E-state index contributed by atoms with van der Waals surface area (Å²) in [6, 6.07) is 30.5. The molecule has 9 heteroatoms. The molecule has 2 N–H and O–H groups in total. The Morgan fingerprint density at radius 3 is 1.24 bits per heavy atom. The molecule has 0 spiro atoms. The first-order valence-corrected chi connectivity index (χ1v) is 26.8. The van der Waals surface area contributed by atoms with Gasteiger partial charge in [0.25, 0.3) is 23.6 Å². The Labute approximate surface area is 441 Å². The van der Waals surface area contributed by atoms with Gasteiger partial charge in [-0.15, -0.1) is 0 Å². The normalized spacial score (nSPS) is 14.4. The van der Waals surface area contributed by atoms with Gasteiger partial charge in [0.15, 0.2) is 0 Å². The second-order valence-corrected chi connectivity index (χ2v) is 25.2. The highest BCUT2D eigenvalue weighted by Crippen LogP contribution is 2.54. The number of nitrogens with zero attached hydrogens (tertiary/aromatic N) is 2. The fraction of sp³-hybridized carbons (Fsp3) is 0.364. The van der Waals surface area contributed by atoms with Crippen molar-refractivity contribution < 1.29 is 28.7 Å². The molecule has 4 amide bonds. The van der Waals surface area contributed by atoms with Gasteiger partial charge >= 0.3 is 0 Å². The summed E-state index contributed by atoms with van der Waals surface area (Å²) in [4.78, 5) is 62.9. The number of hydrogen-bond donors (Lipinski definition) is 1. The predicted molar refractivity (Wildman–Crippen MR) is 306 cm³/mol. The zero-order valence-corrected chi connectivity index (χ0v) is 46.1. The minimum absolute atomic E-state index is 0.223. The molecule has 8 aromatic carbocycles. The molecule has 0 radical (unpaired) electrons. The zero-order valence-electron chi connectivity index (χ0n) is 46.1. The number of ether oxygens (including phenoxy) is 2. The molecule has 8 aromatic rings. The summed E-state index contributed by atoms with van der Waals surface area (Å²) < 4.78 is 14.5. The van der Waals surface area contributed by atoms with Crippen LogP contribution in [0.15, 0.2) is 97.1 Å². The molecule has 75 heavy (non-hydrogen) atoms. The topological polar surface area (TPSA) is 119 Å². The third-order valence-corrected chi connectivity index (χ3v) is 15.5. The standard InChI is InChI=1S/C66H71N3O6/c1-14-15-16-17-18-19-28-68-59(70)47-26-24-45-56-52(75-44-33-39(65(8,9)10)30-40(34-44)66(11,12)13)36-50-54-48(61(72)69(62(50)73)42-22-20-41(67)21-23-42)27-25-46(58(54)56)55-51(35-49(60(68)71)53(47)57(45)55)74-43-31-37(63(2,3)4)29-38(32-43)64(5,6)7/h20-27,29-36H,14-19,28,67H2,1-13H3. The summed E-state index contributed by atoms with van der Waals surface area (Å²) in [6.45, 7) is 28.6. The number of nitrogens with two attached hydrogens (primary N) is 1. The summed E-state index contributed by atoms with van der Waals surface area (Å²) in [5.41, 5.74) is 11.9. The van der Waals surface area contributed by atoms with Gasteiger partial charge in [-0.3, -0.25) is 24.1 Å². The lowest BCUT2D eigenvalue weighted by Crippen LogP contribution is -2.41. The Morgan fingerprint density at radius 2 is 0.800 bits per heavy atom. The molecule has 9 nitrogen and oxygen atoms in total. The van der Waals surface area contributed by atoms with Crippen LogP contribution in [0.4, 0.5) is 11.4 Å². The molecule has 0 fully saturated rings. The Balaban J connectivity index is 1.31. The van der Waals surface area contributed by atoms with Gasteiger partial charge in [-0.1, -0.05) is 146 Å². The quantitative estimate of drug-likeness (QED) is 0.0426. The monoisotopic (exact) mass is 1000 g/mol. The maximum absolute atomic E-state index is 15.3. The molecular weight excluding hydrogens is 931 g/mol. The molecule has 0 bridgehead atoms. The number of nitrogen functional groups attached to an aromatic ring is 1. The van der Waals surface area contributed by atoms with Crippen molar-refractivity contribution in [3.63, 3.8) is 0 Å². The maximum atomic E-state index is 15.3. The van der Waals surface area contributed by atoms with E-state index in [0.717, 1.165) is 54.4 Å². The molecule has 2 aliphatic rings. The minimum atomic E-state index is -0.507. The first kappa shape index (κ1) is 51.2. The Morgan fingerprint density at radius 1 is 0.413 bits per heavy atom. The fourth-order valence-corrected chi connectivity index (χ4v) is 11.0. The van der Waals surface area contributed by atoms with E-state index in [1.807, 2.05) is 24.3 Å². The highest BCUT2D eigenvalue weighted by molar-refractivity contribution is 6.45. The highest BCUT2D eigenvalue weighted by Gasteiger charge is 2.40. The van der Waals surface area contributed by atoms with E-state index >= 15 is 9.59 Å². The highest BCUT2D eigenvalue weighted by atomic mass is 16.5. The number of rotatable bonds is 12. The number of imide groups is 2. The number of amides is 4. The molecule has 0 atom stereocenters. The predicted octanol–water partition coefficient (Wildman–Crippen LogP) is 16.9. The molecule has 0 saturated heterocycles. The van der Waals surface area contributed by atoms with Crippen LogP contribution < -0.4 is 20.1 Å². The summed E-state index contributed by atoms with van der Waals surface area (Å²) in [7, 11) is 0. The Hall–Kier alpha value is -7.26. The molecule has 0 saturated carbocycles. The molecule has 0 aromatic heterocycles. The van der Waals surface area contributed by atoms with Crippen LogP contribution in [0, 0.1) is 0 Å². The van der Waals surface area contributed by atoms with Crippen molar-refractivity contribution in [2.24, 2.45) is 0 Å². The van der Waals surface area contributed by atoms with Crippen LogP contribution in [0.3, 0.4) is 0 Å². The van der Waals surface area contributed by atoms with Crippen molar-refractivity contribution in [2.75, 3.05) is 17.2 Å². The van der Waals surface area contributed by atoms with Crippen LogP contribution in [0.1, 0.15) is 192 Å². The first-order valence-electron chi connectivity index (χ1n) is 26.8. The van der Waals surface area contributed by atoms with Crippen molar-refractivity contribution in [2.45, 2.75) is 150 Å². The van der Waals surface area contributed by atoms with Gasteiger partial charge < -0.3 is 15.2 Å². The van der Waals surface area contributed by atoms with Crippen LogP contribution in [0.2, 0.25) is 0 Å². The summed E-state index contributed by atoms with van der Waals surface area (Å²) in [5, 5.41) is 5.00. The SMILES string of the molecule is CCCCCCCCN1C(=O)c2ccc3c4c(Oc5cc(C(C)(C)C)cc(C(C)(C)C)c5)cc5c6c(ccc(c7c(Oc8cc(C(C)(C)C)cc(C(C)(C)C)c8)cc(c2c37)C1=O)c64)C(=O)N(c1ccc(N)cc1)C5=O. The number of hydrogen-bond acceptors (Lipinski definition) is 7. The average Bonchev–Trinajstić information content (AvgIpc) is 3.38. The van der Waals surface area contributed by atoms with E-state index in [2.05, 4.69) is 126 Å². The molecule has 0 aliphatic carbocycles. The van der Waals surface area contributed by atoms with Crippen molar-refractivity contribution in [3.8, 4) is 23.0 Å². The number of anilines is 2. The van der Waals surface area contributed by atoms with E-state index < -0.39 is 11.8 Å². The number of benzene rings is 8. The van der Waals surface area contributed by atoms with Gasteiger partial charge in [0, 0.05) is 55.7 Å². The Kier molecular flexibility index (Phi) is 12.5. The Bertz CT molecular complexity index is 3610. The number of unbranched alkanes of at least 4 members (excludes halogenated alkanes) is 5. The summed E-state index contributed by atoms with van der Waals surface area (Å²) >= 11 is 0. The van der Waals surface area contributed by atoms with Crippen LogP contribution >= 0.6 is 0 Å². The van der Waals surface area contributed by atoms with E-state index in [4.69, 9.17) is 15.2 Å². The lowest BCUT2D eigenvalue weighted by atomic mass is 9.80. The van der Waals surface area contributed by atoms with Crippen molar-refractivity contribution in [1.29, 1.82) is 0 Å². The molecule has 10 rings (SSSR count). The van der Waals surface area contributed by atoms with Crippen molar-refractivity contribution in [1.82, 2.24) is 4.90 Å². The molecule has 386 valence electrons. The average molecular weight is 1000 g/mol. The van der Waals surface area contributed by atoms with E-state index in [9.17, 15) is 9.59 Å². The molecule has 0 unspecified atom stereocenters. The zero-order chi connectivity index (χ0) is 53.8. The third kappa shape index (κ3) is 8.95. The summed E-state index contributed by atoms with van der Waals surface area (Å²) in [5.74, 6) is 0.319. The van der Waals surface area contributed by atoms with Gasteiger partial charge in [0.2, 0.25) is 0 Å². The van der Waals surface area contributed by atoms with Gasteiger partial charge in [0.05, 0.1) is 16.8 Å². The molecular formula is C66H71N3O6. The lowest BCUT2D eigenvalue weighted by molar-refractivity contribution is 0.0606. The van der Waals surface area contributed by atoms with Gasteiger partial charge in [-0.25, -0.2) is 4.90 Å². The number of carbonyl (C=O) groups excluding carboxylic acids is 4. The van der Waals surface area contributed by atoms with Crippen LogP contribution in [-0.2, 0) is 21.7 Å². The molecule has 2 aliphatic heterocycles. The first-order chi connectivity index (χ1) is 35.3. The van der Waals surface area contributed by atoms with Gasteiger partial charge in [-0.05, 0) is 134 Å². The smallest absolute Gasteiger partial charge is 0.266 e. The van der Waals surface area contributed by atoms with E-state index in [0.29, 0.717) is 113 Å². The van der Waals surface area contributed by atoms with Crippen molar-refractivity contribution in [3.05, 3.63) is 142 Å². The van der Waals surface area contributed by atoms with Gasteiger partial charge in [0.1, 0.15) is 23.0 Å². The van der Waals surface area contributed by atoms with E-state index in [1.54, 1.807) is 36.4 Å². The van der Waals surface area contributed by atoms with E-state index in [-0.39, 0.29) is 33.5 Å². The third-order valence-electron chi connectivity index (χ3n) is 15.5. The second-order valence-electron chi connectivity index (χ2n) is 25.2. The number of carbonyl (C=O) groups is 4. The van der Waals surface area contributed by atoms with E-state index in [1.165, 1.54) is 9.80 Å². The van der Waals surface area contributed by atoms with Crippen LogP contribution in [-0.4, -0.2) is 35.1 Å². The fourth-order valence-electron chi connectivity index (χ4n) is 11.0. The largest absolute Gasteiger partial charge is 0.457 e. The van der Waals surface area contributed by atoms with Crippen molar-refractivity contribution >= 4 is 78.1 Å². The van der Waals surface area contributed by atoms with Crippen LogP contribution in [0.25, 0.3) is 43.1 Å². The number of fused-ring (bicyclic) bond motifs is 2. The van der Waals surface area contributed by atoms with Gasteiger partial charge in [-0.2, -0.15) is 0 Å². The van der Waals surface area contributed by atoms with Crippen LogP contribution in [0.5, 0.6) is 23.0 Å². The summed E-state index contributed by atoms with van der Waals surface area (Å²) in [6.07, 6.45) is 6.06. The minimum Gasteiger partial charge on any atom is -0.457 e. The maximum Gasteiger partial charge on any atom is 0.266 e. The molecule has 2 heterocycles. The lowest BCUT2D eigenvalue weighted by Gasteiger charge is -2.31.